The standard InChI is InChI=1S/C82H46N2/c1-9-31-65-49(19-1)50-20-2-10-32-66(50)81(65)69-43-47(83-73-35-13-5-23-53(73)54-24-6-14-36-74(54)83)39-41-59(69)79-61-29-17-28-58-64-46-72-80(62-30-18-27-57(78(62)64)63(77(58)61)45-71(79)81)60-42-40-48(84-75-37-15-7-25-55(75)56-26-8-16-38-76(56)84)44-70(60)82(72)67-33-11-3-21-51(67)52-22-4-12-34-68(52)82/h1-46H. The van der Waals surface area contributed by atoms with Gasteiger partial charge in [-0.1, -0.05) is 218 Å². The third-order valence-electron chi connectivity index (χ3n) is 20.6. The van der Waals surface area contributed by atoms with Gasteiger partial charge in [0.2, 0.25) is 0 Å². The molecule has 0 unspecified atom stereocenters. The Hall–Kier alpha value is -10.8. The van der Waals surface area contributed by atoms with Crippen LogP contribution in [0.1, 0.15) is 44.5 Å². The van der Waals surface area contributed by atoms with Crippen molar-refractivity contribution < 1.29 is 0 Å². The van der Waals surface area contributed by atoms with Crippen LogP contribution in [0.4, 0.5) is 0 Å². The zero-order chi connectivity index (χ0) is 54.3. The van der Waals surface area contributed by atoms with Gasteiger partial charge in [-0.3, -0.25) is 0 Å². The molecule has 2 nitrogen and oxygen atoms in total. The summed E-state index contributed by atoms with van der Waals surface area (Å²) in [4.78, 5) is 0. The lowest BCUT2D eigenvalue weighted by molar-refractivity contribution is 0.794. The summed E-state index contributed by atoms with van der Waals surface area (Å²) in [5, 5.41) is 15.5. The van der Waals surface area contributed by atoms with E-state index in [0.29, 0.717) is 0 Å². The molecule has 17 aromatic rings. The van der Waals surface area contributed by atoms with Crippen LogP contribution >= 0.6 is 0 Å². The first-order valence-corrected chi connectivity index (χ1v) is 29.6. The molecule has 4 aliphatic rings. The zero-order valence-electron chi connectivity index (χ0n) is 45.5. The number of aromatic nitrogens is 2. The van der Waals surface area contributed by atoms with E-state index >= 15 is 0 Å². The molecule has 4 aliphatic carbocycles. The summed E-state index contributed by atoms with van der Waals surface area (Å²) in [6, 6.07) is 107. The van der Waals surface area contributed by atoms with Crippen LogP contribution < -0.4 is 0 Å². The number of hydrogen-bond acceptors (Lipinski definition) is 0. The summed E-state index contributed by atoms with van der Waals surface area (Å²) < 4.78 is 5.00. The van der Waals surface area contributed by atoms with E-state index in [4.69, 9.17) is 0 Å². The molecule has 0 aliphatic heterocycles. The number of benzene rings is 15. The molecule has 0 saturated carbocycles. The van der Waals surface area contributed by atoms with Gasteiger partial charge < -0.3 is 9.13 Å². The third-order valence-corrected chi connectivity index (χ3v) is 20.6. The lowest BCUT2D eigenvalue weighted by Crippen LogP contribution is -2.26. The van der Waals surface area contributed by atoms with Crippen molar-refractivity contribution in [1.82, 2.24) is 9.13 Å². The molecule has 0 N–H and O–H groups in total. The van der Waals surface area contributed by atoms with E-state index in [1.54, 1.807) is 0 Å². The highest BCUT2D eigenvalue weighted by atomic mass is 15.0. The molecule has 84 heavy (non-hydrogen) atoms. The maximum absolute atomic E-state index is 2.65. The Morgan fingerprint density at radius 1 is 0.190 bits per heavy atom. The van der Waals surface area contributed by atoms with Gasteiger partial charge in [0.25, 0.3) is 0 Å². The normalized spacial score (nSPS) is 14.4. The smallest absolute Gasteiger partial charge is 0.0726 e. The maximum atomic E-state index is 2.65. The van der Waals surface area contributed by atoms with Gasteiger partial charge in [-0.05, 0) is 193 Å². The molecule has 21 rings (SSSR count). The van der Waals surface area contributed by atoms with Crippen molar-refractivity contribution in [2.75, 3.05) is 0 Å². The van der Waals surface area contributed by atoms with Crippen LogP contribution in [0.15, 0.2) is 279 Å². The summed E-state index contributed by atoms with van der Waals surface area (Å²) in [6.45, 7) is 0. The summed E-state index contributed by atoms with van der Waals surface area (Å²) in [6.07, 6.45) is 0. The van der Waals surface area contributed by atoms with Crippen LogP contribution in [0.25, 0.3) is 143 Å². The number of para-hydroxylation sites is 4. The second-order valence-corrected chi connectivity index (χ2v) is 24.0. The second kappa shape index (κ2) is 15.2. The predicted molar refractivity (Wildman–Crippen MR) is 349 cm³/mol. The van der Waals surface area contributed by atoms with Crippen molar-refractivity contribution >= 4 is 86.7 Å². The van der Waals surface area contributed by atoms with Crippen molar-refractivity contribution in [2.24, 2.45) is 0 Å². The molecule has 0 radical (unpaired) electrons. The summed E-state index contributed by atoms with van der Waals surface area (Å²) in [7, 11) is 0. The highest BCUT2D eigenvalue weighted by Gasteiger charge is 2.54. The molecule has 0 saturated heterocycles. The molecule has 384 valence electrons. The molecule has 2 heteroatoms. The van der Waals surface area contributed by atoms with E-state index in [-0.39, 0.29) is 0 Å². The van der Waals surface area contributed by atoms with Gasteiger partial charge in [0.15, 0.2) is 0 Å². The van der Waals surface area contributed by atoms with Crippen LogP contribution in [-0.2, 0) is 10.8 Å². The molecular formula is C82H46N2. The topological polar surface area (TPSA) is 9.86 Å². The molecule has 2 heterocycles. The molecule has 0 atom stereocenters. The third kappa shape index (κ3) is 4.91. The monoisotopic (exact) mass is 1060 g/mol. The summed E-state index contributed by atoms with van der Waals surface area (Å²) >= 11 is 0. The molecule has 0 fully saturated rings. The highest BCUT2D eigenvalue weighted by Crippen LogP contribution is 2.68. The Bertz CT molecular complexity index is 5320. The van der Waals surface area contributed by atoms with Crippen LogP contribution in [-0.4, -0.2) is 9.13 Å². The minimum Gasteiger partial charge on any atom is -0.309 e. The summed E-state index contributed by atoms with van der Waals surface area (Å²) in [5.41, 5.74) is 27.3. The Morgan fingerprint density at radius 3 is 0.845 bits per heavy atom. The van der Waals surface area contributed by atoms with Gasteiger partial charge in [-0.25, -0.2) is 0 Å². The van der Waals surface area contributed by atoms with E-state index in [1.165, 1.54) is 187 Å². The van der Waals surface area contributed by atoms with Crippen molar-refractivity contribution in [3.05, 3.63) is 324 Å². The van der Waals surface area contributed by atoms with Crippen LogP contribution in [0.5, 0.6) is 0 Å². The van der Waals surface area contributed by atoms with Gasteiger partial charge in [0.05, 0.1) is 32.9 Å². The lowest BCUT2D eigenvalue weighted by atomic mass is 9.69. The molecule has 2 aromatic heterocycles. The van der Waals surface area contributed by atoms with Gasteiger partial charge in [0, 0.05) is 32.9 Å². The van der Waals surface area contributed by atoms with Gasteiger partial charge in [0.1, 0.15) is 0 Å². The fourth-order valence-corrected chi connectivity index (χ4v) is 17.7. The van der Waals surface area contributed by atoms with Crippen molar-refractivity contribution in [3.8, 4) is 55.9 Å². The first-order chi connectivity index (χ1) is 41.7. The number of fused-ring (bicyclic) bond motifs is 30. The van der Waals surface area contributed by atoms with Gasteiger partial charge in [-0.15, -0.1) is 0 Å². The maximum Gasteiger partial charge on any atom is 0.0726 e. The fourth-order valence-electron chi connectivity index (χ4n) is 17.7. The van der Waals surface area contributed by atoms with Gasteiger partial charge in [-0.2, -0.15) is 0 Å². The van der Waals surface area contributed by atoms with Crippen LogP contribution in [0.2, 0.25) is 0 Å². The SMILES string of the molecule is c1ccc2c(c1)-c1ccccc1C21c2cc(-n3c4ccccc4c4ccccc43)ccc2-c2c1cc1c3cccc4c5c(cc(c6cccc2c61)c43)C1(c2ccccc2-c2ccccc21)c1cc(-n2c3ccccc3c3ccccc32)ccc1-5. The van der Waals surface area contributed by atoms with Crippen molar-refractivity contribution in [1.29, 1.82) is 0 Å². The molecule has 15 aromatic carbocycles. The second-order valence-electron chi connectivity index (χ2n) is 24.0. The minimum absolute atomic E-state index is 0.581. The van der Waals surface area contributed by atoms with Crippen molar-refractivity contribution in [2.45, 2.75) is 10.8 Å². The molecular weight excluding hydrogens is 1010 g/mol. The van der Waals surface area contributed by atoms with E-state index in [2.05, 4.69) is 288 Å². The predicted octanol–water partition coefficient (Wildman–Crippen LogP) is 20.6. The Morgan fingerprint density at radius 2 is 0.488 bits per heavy atom. The zero-order valence-corrected chi connectivity index (χ0v) is 45.5. The van der Waals surface area contributed by atoms with E-state index in [9.17, 15) is 0 Å². The Kier molecular flexibility index (Phi) is 7.95. The largest absolute Gasteiger partial charge is 0.309 e. The average Bonchev–Trinajstić information content (AvgIpc) is 1.53. The molecule has 2 spiro atoms. The summed E-state index contributed by atoms with van der Waals surface area (Å²) in [5.74, 6) is 0. The first kappa shape index (κ1) is 43.9. The lowest BCUT2D eigenvalue weighted by Gasteiger charge is -2.32. The van der Waals surface area contributed by atoms with E-state index < -0.39 is 10.8 Å². The quantitative estimate of drug-likeness (QED) is 0.121. The molecule has 0 bridgehead atoms. The average molecular weight is 1060 g/mol. The Balaban J connectivity index is 0.892. The minimum atomic E-state index is -0.581. The number of hydrogen-bond donors (Lipinski definition) is 0. The number of rotatable bonds is 2. The van der Waals surface area contributed by atoms with E-state index in [0.717, 1.165) is 0 Å². The van der Waals surface area contributed by atoms with Gasteiger partial charge >= 0.3 is 0 Å². The first-order valence-electron chi connectivity index (χ1n) is 29.6. The Labute approximate surface area is 483 Å². The van der Waals surface area contributed by atoms with E-state index in [1.807, 2.05) is 0 Å². The molecule has 0 amide bonds. The van der Waals surface area contributed by atoms with Crippen LogP contribution in [0, 0.1) is 0 Å². The number of nitrogens with zero attached hydrogens (tertiary/aromatic N) is 2. The van der Waals surface area contributed by atoms with Crippen LogP contribution in [0.3, 0.4) is 0 Å². The highest BCUT2D eigenvalue weighted by molar-refractivity contribution is 6.37. The van der Waals surface area contributed by atoms with Crippen molar-refractivity contribution in [3.63, 3.8) is 0 Å². The fraction of sp³-hybridized carbons (Fsp3) is 0.0244.